The zero-order valence-corrected chi connectivity index (χ0v) is 10.2. The summed E-state index contributed by atoms with van der Waals surface area (Å²) < 4.78 is 4.72. The first-order valence-corrected chi connectivity index (χ1v) is 6.15. The number of nitrogens with one attached hydrogen (secondary N) is 1. The van der Waals surface area contributed by atoms with Gasteiger partial charge in [0.05, 0.1) is 7.11 Å². The largest absolute Gasteiger partial charge is 0.468 e. The van der Waals surface area contributed by atoms with Crippen molar-refractivity contribution in [3.8, 4) is 0 Å². The molecule has 1 saturated carbocycles. The number of hydrogen-bond acceptors (Lipinski definition) is 4. The Hall–Kier alpha value is -0.610. The second kappa shape index (κ2) is 6.86. The molecule has 4 nitrogen and oxygen atoms in total. The zero-order valence-electron chi connectivity index (χ0n) is 10.2. The van der Waals surface area contributed by atoms with Crippen LogP contribution >= 0.6 is 0 Å². The van der Waals surface area contributed by atoms with Crippen LogP contribution in [0.5, 0.6) is 0 Å². The van der Waals surface area contributed by atoms with Crippen molar-refractivity contribution in [1.29, 1.82) is 0 Å². The van der Waals surface area contributed by atoms with E-state index in [2.05, 4.69) is 5.32 Å². The summed E-state index contributed by atoms with van der Waals surface area (Å²) in [6.45, 7) is 3.03. The normalized spacial score (nSPS) is 26.7. The Kier molecular flexibility index (Phi) is 5.77. The van der Waals surface area contributed by atoms with Gasteiger partial charge in [-0.3, -0.25) is 4.79 Å². The summed E-state index contributed by atoms with van der Waals surface area (Å²) >= 11 is 0. The van der Waals surface area contributed by atoms with Gasteiger partial charge in [-0.1, -0.05) is 13.3 Å². The molecule has 1 aliphatic carbocycles. The van der Waals surface area contributed by atoms with Gasteiger partial charge in [0.1, 0.15) is 6.04 Å². The van der Waals surface area contributed by atoms with E-state index >= 15 is 0 Å². The average Bonchev–Trinajstić information content (AvgIpc) is 2.76. The first-order valence-electron chi connectivity index (χ1n) is 6.15. The van der Waals surface area contributed by atoms with Crippen molar-refractivity contribution >= 4 is 5.97 Å². The molecule has 1 rings (SSSR count). The molecule has 0 spiro atoms. The molecule has 2 N–H and O–H groups in total. The van der Waals surface area contributed by atoms with Crippen molar-refractivity contribution in [2.75, 3.05) is 20.3 Å². The van der Waals surface area contributed by atoms with Gasteiger partial charge in [0.15, 0.2) is 0 Å². The summed E-state index contributed by atoms with van der Waals surface area (Å²) in [5.41, 5.74) is 0. The standard InChI is InChI=1S/C12H23NO3/c1-3-11(12(15)16-2)13-7-9-5-4-6-10(9)8-14/h9-11,13-14H,3-8H2,1-2H3. The van der Waals surface area contributed by atoms with Gasteiger partial charge in [-0.05, 0) is 37.6 Å². The number of esters is 1. The number of rotatable bonds is 6. The van der Waals surface area contributed by atoms with Crippen LogP contribution < -0.4 is 5.32 Å². The molecule has 0 aromatic carbocycles. The summed E-state index contributed by atoms with van der Waals surface area (Å²) in [7, 11) is 1.42. The van der Waals surface area contributed by atoms with E-state index in [9.17, 15) is 9.90 Å². The fraction of sp³-hybridized carbons (Fsp3) is 0.917. The van der Waals surface area contributed by atoms with Crippen molar-refractivity contribution in [1.82, 2.24) is 5.32 Å². The van der Waals surface area contributed by atoms with Gasteiger partial charge >= 0.3 is 5.97 Å². The molecule has 1 aliphatic rings. The molecule has 0 amide bonds. The van der Waals surface area contributed by atoms with Gasteiger partial charge in [0, 0.05) is 6.61 Å². The smallest absolute Gasteiger partial charge is 0.322 e. The topological polar surface area (TPSA) is 58.6 Å². The second-order valence-corrected chi connectivity index (χ2v) is 4.53. The van der Waals surface area contributed by atoms with Gasteiger partial charge in [-0.2, -0.15) is 0 Å². The first-order chi connectivity index (χ1) is 7.72. The lowest BCUT2D eigenvalue weighted by Gasteiger charge is -2.21. The van der Waals surface area contributed by atoms with E-state index in [4.69, 9.17) is 4.74 Å². The molecule has 0 heterocycles. The van der Waals surface area contributed by atoms with Gasteiger partial charge in [0.25, 0.3) is 0 Å². The van der Waals surface area contributed by atoms with Gasteiger partial charge in [-0.15, -0.1) is 0 Å². The van der Waals surface area contributed by atoms with Crippen LogP contribution in [0.2, 0.25) is 0 Å². The molecule has 1 fully saturated rings. The zero-order chi connectivity index (χ0) is 12.0. The summed E-state index contributed by atoms with van der Waals surface area (Å²) in [6, 6.07) is -0.204. The highest BCUT2D eigenvalue weighted by molar-refractivity contribution is 5.75. The van der Waals surface area contributed by atoms with Gasteiger partial charge < -0.3 is 15.2 Å². The van der Waals surface area contributed by atoms with E-state index in [1.807, 2.05) is 6.92 Å². The van der Waals surface area contributed by atoms with E-state index in [0.29, 0.717) is 11.8 Å². The van der Waals surface area contributed by atoms with E-state index in [1.54, 1.807) is 0 Å². The van der Waals surface area contributed by atoms with Crippen molar-refractivity contribution in [3.63, 3.8) is 0 Å². The number of aliphatic hydroxyl groups is 1. The number of carbonyl (C=O) groups is 1. The minimum atomic E-state index is -0.204. The van der Waals surface area contributed by atoms with Crippen LogP contribution in [-0.2, 0) is 9.53 Å². The number of hydrogen-bond donors (Lipinski definition) is 2. The Morgan fingerprint density at radius 3 is 2.75 bits per heavy atom. The maximum Gasteiger partial charge on any atom is 0.322 e. The molecule has 3 unspecified atom stereocenters. The van der Waals surface area contributed by atoms with Crippen LogP contribution in [0.25, 0.3) is 0 Å². The van der Waals surface area contributed by atoms with Crippen LogP contribution in [0.1, 0.15) is 32.6 Å². The van der Waals surface area contributed by atoms with Crippen LogP contribution in [0, 0.1) is 11.8 Å². The van der Waals surface area contributed by atoms with Gasteiger partial charge in [0.2, 0.25) is 0 Å². The number of methoxy groups -OCH3 is 1. The van der Waals surface area contributed by atoms with Crippen LogP contribution in [-0.4, -0.2) is 37.4 Å². The molecule has 0 saturated heterocycles. The second-order valence-electron chi connectivity index (χ2n) is 4.53. The lowest BCUT2D eigenvalue weighted by molar-refractivity contribution is -0.143. The first kappa shape index (κ1) is 13.5. The van der Waals surface area contributed by atoms with E-state index in [1.165, 1.54) is 13.5 Å². The third-order valence-corrected chi connectivity index (χ3v) is 3.57. The molecule has 0 aliphatic heterocycles. The minimum absolute atomic E-state index is 0.193. The molecule has 94 valence electrons. The van der Waals surface area contributed by atoms with E-state index < -0.39 is 0 Å². The third-order valence-electron chi connectivity index (χ3n) is 3.57. The van der Waals surface area contributed by atoms with E-state index in [-0.39, 0.29) is 18.6 Å². The Balaban J connectivity index is 2.34. The monoisotopic (exact) mass is 229 g/mol. The summed E-state index contributed by atoms with van der Waals surface area (Å²) in [4.78, 5) is 11.4. The minimum Gasteiger partial charge on any atom is -0.468 e. The SMILES string of the molecule is CCC(NCC1CCCC1CO)C(=O)OC. The van der Waals surface area contributed by atoms with Crippen molar-refractivity contribution in [3.05, 3.63) is 0 Å². The summed E-state index contributed by atoms with van der Waals surface area (Å²) in [6.07, 6.45) is 4.18. The number of ether oxygens (including phenoxy) is 1. The molecule has 16 heavy (non-hydrogen) atoms. The van der Waals surface area contributed by atoms with Crippen molar-refractivity contribution in [2.45, 2.75) is 38.6 Å². The highest BCUT2D eigenvalue weighted by Gasteiger charge is 2.27. The fourth-order valence-electron chi connectivity index (χ4n) is 2.45. The number of aliphatic hydroxyl groups excluding tert-OH is 1. The van der Waals surface area contributed by atoms with Crippen molar-refractivity contribution < 1.29 is 14.6 Å². The Labute approximate surface area is 97.4 Å². The third kappa shape index (κ3) is 3.46. The predicted molar refractivity (Wildman–Crippen MR) is 62.0 cm³/mol. The lowest BCUT2D eigenvalue weighted by atomic mass is 9.96. The maximum absolute atomic E-state index is 11.4. The Morgan fingerprint density at radius 2 is 2.19 bits per heavy atom. The highest BCUT2D eigenvalue weighted by atomic mass is 16.5. The van der Waals surface area contributed by atoms with Crippen LogP contribution in [0.3, 0.4) is 0 Å². The fourth-order valence-corrected chi connectivity index (χ4v) is 2.45. The predicted octanol–water partition coefficient (Wildman–Crippen LogP) is 0.936. The lowest BCUT2D eigenvalue weighted by Crippen LogP contribution is -2.40. The maximum atomic E-state index is 11.4. The average molecular weight is 229 g/mol. The molecular weight excluding hydrogens is 206 g/mol. The van der Waals surface area contributed by atoms with E-state index in [0.717, 1.165) is 25.8 Å². The quantitative estimate of drug-likeness (QED) is 0.665. The number of carbonyl (C=O) groups excluding carboxylic acids is 1. The Bertz CT molecular complexity index is 220. The molecule has 0 bridgehead atoms. The summed E-state index contributed by atoms with van der Waals surface area (Å²) in [5, 5.41) is 12.4. The molecule has 0 aromatic rings. The van der Waals surface area contributed by atoms with Crippen LogP contribution in [0.4, 0.5) is 0 Å². The van der Waals surface area contributed by atoms with Gasteiger partial charge in [-0.25, -0.2) is 0 Å². The molecule has 0 aromatic heterocycles. The summed E-state index contributed by atoms with van der Waals surface area (Å²) in [5.74, 6) is 0.715. The Morgan fingerprint density at radius 1 is 1.50 bits per heavy atom. The van der Waals surface area contributed by atoms with Crippen LogP contribution in [0.15, 0.2) is 0 Å². The highest BCUT2D eigenvalue weighted by Crippen LogP contribution is 2.30. The molecule has 0 radical (unpaired) electrons. The molecule has 3 atom stereocenters. The molecule has 4 heteroatoms. The molecular formula is C12H23NO3. The van der Waals surface area contributed by atoms with Crippen molar-refractivity contribution in [2.24, 2.45) is 11.8 Å².